The third-order valence-corrected chi connectivity index (χ3v) is 7.20. The Kier molecular flexibility index (Phi) is 7.57. The van der Waals surface area contributed by atoms with Crippen LogP contribution in [-0.2, 0) is 16.4 Å². The topological polar surface area (TPSA) is 76.1 Å². The molecule has 3 rings (SSSR count). The summed E-state index contributed by atoms with van der Waals surface area (Å²) in [6, 6.07) is 11.2. The van der Waals surface area contributed by atoms with Crippen molar-refractivity contribution in [3.8, 4) is 11.5 Å². The van der Waals surface area contributed by atoms with Crippen LogP contribution in [0.3, 0.4) is 0 Å². The first-order valence-electron chi connectivity index (χ1n) is 9.60. The van der Waals surface area contributed by atoms with Gasteiger partial charge in [-0.05, 0) is 30.7 Å². The summed E-state index contributed by atoms with van der Waals surface area (Å²) >= 11 is 6.16. The second kappa shape index (κ2) is 9.96. The minimum absolute atomic E-state index is 0.0264. The lowest BCUT2D eigenvalue weighted by atomic mass is 10.1. The van der Waals surface area contributed by atoms with Gasteiger partial charge in [0.2, 0.25) is 0 Å². The van der Waals surface area contributed by atoms with E-state index in [9.17, 15) is 17.9 Å². The van der Waals surface area contributed by atoms with Gasteiger partial charge in [0, 0.05) is 29.7 Å². The van der Waals surface area contributed by atoms with Crippen LogP contribution < -0.4 is 9.47 Å². The SMILES string of the molecule is COc1ccccc1OCC(O)CN(Cc1c(F)cccc1Cl)C1CCS(=O)(=O)C1. The second-order valence-electron chi connectivity index (χ2n) is 7.30. The number of hydrogen-bond acceptors (Lipinski definition) is 6. The highest BCUT2D eigenvalue weighted by molar-refractivity contribution is 7.91. The fourth-order valence-electron chi connectivity index (χ4n) is 3.54. The molecule has 0 spiro atoms. The Labute approximate surface area is 181 Å². The van der Waals surface area contributed by atoms with Gasteiger partial charge in [0.05, 0.1) is 18.6 Å². The van der Waals surface area contributed by atoms with E-state index in [2.05, 4.69) is 0 Å². The van der Waals surface area contributed by atoms with Crippen LogP contribution in [0.4, 0.5) is 4.39 Å². The Morgan fingerprint density at radius 2 is 1.97 bits per heavy atom. The van der Waals surface area contributed by atoms with Gasteiger partial charge < -0.3 is 14.6 Å². The number of halogens is 2. The van der Waals surface area contributed by atoms with Crippen molar-refractivity contribution in [3.05, 3.63) is 58.9 Å². The molecule has 9 heteroatoms. The van der Waals surface area contributed by atoms with Crippen LogP contribution in [0.1, 0.15) is 12.0 Å². The molecule has 2 atom stereocenters. The monoisotopic (exact) mass is 457 g/mol. The van der Waals surface area contributed by atoms with Crippen LogP contribution >= 0.6 is 11.6 Å². The van der Waals surface area contributed by atoms with Crippen LogP contribution in [0.25, 0.3) is 0 Å². The van der Waals surface area contributed by atoms with Gasteiger partial charge in [-0.15, -0.1) is 0 Å². The van der Waals surface area contributed by atoms with Gasteiger partial charge in [0.1, 0.15) is 18.5 Å². The van der Waals surface area contributed by atoms with Crippen molar-refractivity contribution in [2.45, 2.75) is 25.1 Å². The van der Waals surface area contributed by atoms with Crippen LogP contribution in [0, 0.1) is 5.82 Å². The molecule has 2 aromatic rings. The third kappa shape index (κ3) is 5.85. The molecule has 2 unspecified atom stereocenters. The standard InChI is InChI=1S/C21H25ClFNO5S/c1-28-20-7-2-3-8-21(20)29-13-16(25)11-24(15-9-10-30(26,27)14-15)12-17-18(22)5-4-6-19(17)23/h2-8,15-16,25H,9-14H2,1H3. The van der Waals surface area contributed by atoms with Crippen molar-refractivity contribution in [3.63, 3.8) is 0 Å². The number of ether oxygens (including phenoxy) is 2. The number of para-hydroxylation sites is 2. The quantitative estimate of drug-likeness (QED) is 0.624. The van der Waals surface area contributed by atoms with E-state index >= 15 is 0 Å². The van der Waals surface area contributed by atoms with E-state index in [1.807, 2.05) is 6.07 Å². The maximum Gasteiger partial charge on any atom is 0.161 e. The summed E-state index contributed by atoms with van der Waals surface area (Å²) < 4.78 is 49.2. The van der Waals surface area contributed by atoms with Gasteiger partial charge in [-0.25, -0.2) is 12.8 Å². The van der Waals surface area contributed by atoms with E-state index in [1.165, 1.54) is 19.2 Å². The van der Waals surface area contributed by atoms with Crippen molar-refractivity contribution in [1.82, 2.24) is 4.90 Å². The van der Waals surface area contributed by atoms with Crippen molar-refractivity contribution in [1.29, 1.82) is 0 Å². The molecule has 0 aromatic heterocycles. The van der Waals surface area contributed by atoms with E-state index in [-0.39, 0.29) is 47.8 Å². The van der Waals surface area contributed by atoms with Crippen molar-refractivity contribution in [2.75, 3.05) is 31.8 Å². The molecule has 1 N–H and O–H groups in total. The molecule has 0 bridgehead atoms. The smallest absolute Gasteiger partial charge is 0.161 e. The van der Waals surface area contributed by atoms with E-state index in [4.69, 9.17) is 21.1 Å². The van der Waals surface area contributed by atoms with Crippen molar-refractivity contribution < 1.29 is 27.4 Å². The predicted molar refractivity (Wildman–Crippen MR) is 113 cm³/mol. The van der Waals surface area contributed by atoms with Gasteiger partial charge in [0.15, 0.2) is 21.3 Å². The van der Waals surface area contributed by atoms with E-state index in [0.29, 0.717) is 17.9 Å². The molecule has 1 heterocycles. The van der Waals surface area contributed by atoms with E-state index in [1.54, 1.807) is 29.2 Å². The highest BCUT2D eigenvalue weighted by Crippen LogP contribution is 2.27. The number of aliphatic hydroxyl groups excluding tert-OH is 1. The van der Waals surface area contributed by atoms with Crippen LogP contribution in [0.5, 0.6) is 11.5 Å². The average molecular weight is 458 g/mol. The molecule has 1 saturated heterocycles. The molecule has 1 aliphatic heterocycles. The Morgan fingerprint density at radius 3 is 2.60 bits per heavy atom. The zero-order valence-electron chi connectivity index (χ0n) is 16.6. The maximum absolute atomic E-state index is 14.3. The van der Waals surface area contributed by atoms with Gasteiger partial charge in [-0.1, -0.05) is 29.8 Å². The van der Waals surface area contributed by atoms with Crippen LogP contribution in [0.15, 0.2) is 42.5 Å². The third-order valence-electron chi connectivity index (χ3n) is 5.09. The molecule has 0 saturated carbocycles. The molecule has 164 valence electrons. The highest BCUT2D eigenvalue weighted by Gasteiger charge is 2.33. The molecular formula is C21H25ClFNO5S. The molecule has 1 fully saturated rings. The highest BCUT2D eigenvalue weighted by atomic mass is 35.5. The molecule has 6 nitrogen and oxygen atoms in total. The molecule has 0 amide bonds. The predicted octanol–water partition coefficient (Wildman–Crippen LogP) is 2.92. The molecule has 2 aromatic carbocycles. The summed E-state index contributed by atoms with van der Waals surface area (Å²) in [5, 5.41) is 10.8. The normalized spacial score (nSPS) is 19.0. The molecule has 30 heavy (non-hydrogen) atoms. The lowest BCUT2D eigenvalue weighted by Crippen LogP contribution is -2.42. The molecular weight excluding hydrogens is 433 g/mol. The first kappa shape index (κ1) is 22.8. The lowest BCUT2D eigenvalue weighted by molar-refractivity contribution is 0.0513. The number of hydrogen-bond donors (Lipinski definition) is 1. The summed E-state index contributed by atoms with van der Waals surface area (Å²) in [6.45, 7) is 0.179. The Hall–Kier alpha value is -1.87. The zero-order chi connectivity index (χ0) is 21.7. The van der Waals surface area contributed by atoms with Crippen LogP contribution in [0.2, 0.25) is 5.02 Å². The average Bonchev–Trinajstić information content (AvgIpc) is 3.08. The number of rotatable bonds is 9. The van der Waals surface area contributed by atoms with E-state index in [0.717, 1.165) is 0 Å². The number of sulfone groups is 1. The number of benzene rings is 2. The summed E-state index contributed by atoms with van der Waals surface area (Å²) in [4.78, 5) is 1.77. The first-order valence-corrected chi connectivity index (χ1v) is 11.8. The zero-order valence-corrected chi connectivity index (χ0v) is 18.2. The molecule has 0 aliphatic carbocycles. The Bertz CT molecular complexity index is 951. The summed E-state index contributed by atoms with van der Waals surface area (Å²) in [5.41, 5.74) is 0.279. The van der Waals surface area contributed by atoms with Gasteiger partial charge in [-0.3, -0.25) is 4.90 Å². The van der Waals surface area contributed by atoms with Gasteiger partial charge in [0.25, 0.3) is 0 Å². The number of aliphatic hydroxyl groups is 1. The second-order valence-corrected chi connectivity index (χ2v) is 9.94. The van der Waals surface area contributed by atoms with Crippen molar-refractivity contribution in [2.24, 2.45) is 0 Å². The number of nitrogens with zero attached hydrogens (tertiary/aromatic N) is 1. The minimum Gasteiger partial charge on any atom is -0.493 e. The Morgan fingerprint density at radius 1 is 1.23 bits per heavy atom. The van der Waals surface area contributed by atoms with Gasteiger partial charge in [-0.2, -0.15) is 0 Å². The summed E-state index contributed by atoms with van der Waals surface area (Å²) in [7, 11) is -1.62. The minimum atomic E-state index is -3.15. The fraction of sp³-hybridized carbons (Fsp3) is 0.429. The largest absolute Gasteiger partial charge is 0.493 e. The number of methoxy groups -OCH3 is 1. The fourth-order valence-corrected chi connectivity index (χ4v) is 5.52. The first-order chi connectivity index (χ1) is 14.3. The summed E-state index contributed by atoms with van der Waals surface area (Å²) in [5.74, 6) is 0.618. The molecule has 0 radical (unpaired) electrons. The Balaban J connectivity index is 1.71. The molecule has 1 aliphatic rings. The summed E-state index contributed by atoms with van der Waals surface area (Å²) in [6.07, 6.45) is -0.502. The maximum atomic E-state index is 14.3. The van der Waals surface area contributed by atoms with Gasteiger partial charge >= 0.3 is 0 Å². The van der Waals surface area contributed by atoms with Crippen LogP contribution in [-0.4, -0.2) is 62.3 Å². The van der Waals surface area contributed by atoms with E-state index < -0.39 is 21.8 Å². The lowest BCUT2D eigenvalue weighted by Gasteiger charge is -2.30. The van der Waals surface area contributed by atoms with Crippen molar-refractivity contribution >= 4 is 21.4 Å².